The molecule has 134 valence electrons. The Morgan fingerprint density at radius 1 is 0.963 bits per heavy atom. The lowest BCUT2D eigenvalue weighted by Gasteiger charge is -2.07. The molecular formula is C22H19N3O2. The normalized spacial score (nSPS) is 10.7. The van der Waals surface area contributed by atoms with Crippen molar-refractivity contribution in [3.63, 3.8) is 0 Å². The Morgan fingerprint density at radius 3 is 2.52 bits per heavy atom. The fourth-order valence-electron chi connectivity index (χ4n) is 2.80. The van der Waals surface area contributed by atoms with E-state index in [-0.39, 0.29) is 5.91 Å². The molecule has 2 heterocycles. The van der Waals surface area contributed by atoms with Crippen LogP contribution >= 0.6 is 0 Å². The topological polar surface area (TPSA) is 55.6 Å². The van der Waals surface area contributed by atoms with E-state index in [1.165, 1.54) is 0 Å². The molecule has 0 aliphatic carbocycles. The maximum Gasteiger partial charge on any atom is 0.251 e. The van der Waals surface area contributed by atoms with Crippen molar-refractivity contribution in [1.82, 2.24) is 14.7 Å². The van der Waals surface area contributed by atoms with Crippen LogP contribution in [0.5, 0.6) is 5.75 Å². The molecule has 27 heavy (non-hydrogen) atoms. The Morgan fingerprint density at radius 2 is 1.74 bits per heavy atom. The van der Waals surface area contributed by atoms with Crippen molar-refractivity contribution in [3.8, 4) is 5.75 Å². The van der Waals surface area contributed by atoms with Crippen molar-refractivity contribution in [1.29, 1.82) is 0 Å². The first-order valence-corrected chi connectivity index (χ1v) is 8.75. The lowest BCUT2D eigenvalue weighted by molar-refractivity contribution is 0.0951. The van der Waals surface area contributed by atoms with E-state index in [9.17, 15) is 4.79 Å². The summed E-state index contributed by atoms with van der Waals surface area (Å²) in [7, 11) is 0. The highest BCUT2D eigenvalue weighted by Gasteiger charge is 2.06. The number of imidazole rings is 1. The van der Waals surface area contributed by atoms with Crippen LogP contribution in [0, 0.1) is 0 Å². The molecule has 0 aliphatic rings. The molecule has 0 bridgehead atoms. The van der Waals surface area contributed by atoms with E-state index < -0.39 is 0 Å². The monoisotopic (exact) mass is 357 g/mol. The Balaban J connectivity index is 1.33. The minimum absolute atomic E-state index is 0.106. The quantitative estimate of drug-likeness (QED) is 0.570. The van der Waals surface area contributed by atoms with Crippen molar-refractivity contribution in [2.24, 2.45) is 0 Å². The average molecular weight is 357 g/mol. The van der Waals surface area contributed by atoms with Crippen LogP contribution in [0.15, 0.2) is 85.2 Å². The summed E-state index contributed by atoms with van der Waals surface area (Å²) >= 11 is 0. The van der Waals surface area contributed by atoms with Crippen LogP contribution in [0.3, 0.4) is 0 Å². The Labute approximate surface area is 157 Å². The number of benzene rings is 2. The fourth-order valence-corrected chi connectivity index (χ4v) is 2.80. The summed E-state index contributed by atoms with van der Waals surface area (Å²) in [4.78, 5) is 16.7. The molecule has 1 amide bonds. The first kappa shape index (κ1) is 16.8. The summed E-state index contributed by atoms with van der Waals surface area (Å²) in [5, 5.41) is 2.91. The van der Waals surface area contributed by atoms with Gasteiger partial charge in [0.25, 0.3) is 5.91 Å². The lowest BCUT2D eigenvalue weighted by atomic mass is 10.2. The minimum atomic E-state index is -0.106. The van der Waals surface area contributed by atoms with Crippen molar-refractivity contribution in [2.75, 3.05) is 0 Å². The number of hydrogen-bond acceptors (Lipinski definition) is 3. The molecule has 2 aromatic carbocycles. The molecule has 5 heteroatoms. The summed E-state index contributed by atoms with van der Waals surface area (Å²) in [5.41, 5.74) is 3.41. The molecule has 4 rings (SSSR count). The van der Waals surface area contributed by atoms with E-state index in [1.54, 1.807) is 24.3 Å². The standard InChI is InChI=1S/C22H19N3O2/c26-22(23-14-17-6-2-1-3-7-17)18-9-11-20(12-10-18)27-16-19-15-25-13-5-4-8-21(25)24-19/h1-13,15H,14,16H2,(H,23,26). The van der Waals surface area contributed by atoms with Gasteiger partial charge in [0.1, 0.15) is 18.0 Å². The van der Waals surface area contributed by atoms with E-state index in [0.717, 1.165) is 16.9 Å². The van der Waals surface area contributed by atoms with E-state index >= 15 is 0 Å². The van der Waals surface area contributed by atoms with Gasteiger partial charge in [-0.2, -0.15) is 0 Å². The van der Waals surface area contributed by atoms with Crippen molar-refractivity contribution in [2.45, 2.75) is 13.2 Å². The van der Waals surface area contributed by atoms with Crippen LogP contribution in [-0.4, -0.2) is 15.3 Å². The number of nitrogens with one attached hydrogen (secondary N) is 1. The van der Waals surface area contributed by atoms with E-state index in [1.807, 2.05) is 65.3 Å². The van der Waals surface area contributed by atoms with Crippen LogP contribution in [-0.2, 0) is 13.2 Å². The van der Waals surface area contributed by atoms with Crippen LogP contribution < -0.4 is 10.1 Å². The molecule has 0 unspecified atom stereocenters. The Bertz CT molecular complexity index is 1010. The van der Waals surface area contributed by atoms with Crippen LogP contribution in [0.4, 0.5) is 0 Å². The van der Waals surface area contributed by atoms with Gasteiger partial charge in [0.05, 0.1) is 5.69 Å². The summed E-state index contributed by atoms with van der Waals surface area (Å²) in [6.45, 7) is 0.882. The lowest BCUT2D eigenvalue weighted by Crippen LogP contribution is -2.22. The van der Waals surface area contributed by atoms with Gasteiger partial charge in [0.15, 0.2) is 0 Å². The zero-order chi connectivity index (χ0) is 18.5. The molecule has 1 N–H and O–H groups in total. The first-order chi connectivity index (χ1) is 13.3. The summed E-state index contributed by atoms with van der Waals surface area (Å²) in [5.74, 6) is 0.595. The largest absolute Gasteiger partial charge is 0.487 e. The Hall–Kier alpha value is -3.60. The van der Waals surface area contributed by atoms with E-state index in [2.05, 4.69) is 10.3 Å². The number of carbonyl (C=O) groups excluding carboxylic acids is 1. The van der Waals surface area contributed by atoms with Crippen LogP contribution in [0.25, 0.3) is 5.65 Å². The molecule has 0 radical (unpaired) electrons. The number of carbonyl (C=O) groups is 1. The fraction of sp³-hybridized carbons (Fsp3) is 0.0909. The molecule has 0 saturated heterocycles. The smallest absolute Gasteiger partial charge is 0.251 e. The molecule has 0 aliphatic heterocycles. The van der Waals surface area contributed by atoms with Gasteiger partial charge < -0.3 is 14.5 Å². The van der Waals surface area contributed by atoms with Crippen molar-refractivity contribution < 1.29 is 9.53 Å². The number of ether oxygens (including phenoxy) is 1. The maximum atomic E-state index is 12.2. The summed E-state index contributed by atoms with van der Waals surface area (Å²) in [6, 6.07) is 22.8. The number of nitrogens with zero attached hydrogens (tertiary/aromatic N) is 2. The predicted molar refractivity (Wildman–Crippen MR) is 104 cm³/mol. The second kappa shape index (κ2) is 7.74. The van der Waals surface area contributed by atoms with Gasteiger partial charge in [0, 0.05) is 24.5 Å². The zero-order valence-corrected chi connectivity index (χ0v) is 14.7. The number of pyridine rings is 1. The third-order valence-electron chi connectivity index (χ3n) is 4.21. The van der Waals surface area contributed by atoms with Gasteiger partial charge in [-0.05, 0) is 42.0 Å². The molecule has 0 spiro atoms. The second-order valence-electron chi connectivity index (χ2n) is 6.18. The van der Waals surface area contributed by atoms with Crippen LogP contribution in [0.2, 0.25) is 0 Å². The zero-order valence-electron chi connectivity index (χ0n) is 14.7. The van der Waals surface area contributed by atoms with Crippen molar-refractivity contribution in [3.05, 3.63) is 102 Å². The second-order valence-corrected chi connectivity index (χ2v) is 6.18. The molecule has 4 aromatic rings. The first-order valence-electron chi connectivity index (χ1n) is 8.75. The third kappa shape index (κ3) is 4.15. The predicted octanol–water partition coefficient (Wildman–Crippen LogP) is 3.84. The molecule has 2 aromatic heterocycles. The number of fused-ring (bicyclic) bond motifs is 1. The molecular weight excluding hydrogens is 338 g/mol. The molecule has 0 saturated carbocycles. The van der Waals surface area contributed by atoms with E-state index in [4.69, 9.17) is 4.74 Å². The SMILES string of the molecule is O=C(NCc1ccccc1)c1ccc(OCc2cn3ccccc3n2)cc1. The van der Waals surface area contributed by atoms with Gasteiger partial charge >= 0.3 is 0 Å². The van der Waals surface area contributed by atoms with E-state index in [0.29, 0.717) is 24.5 Å². The van der Waals surface area contributed by atoms with Gasteiger partial charge in [-0.15, -0.1) is 0 Å². The number of hydrogen-bond donors (Lipinski definition) is 1. The molecule has 0 fully saturated rings. The number of rotatable bonds is 6. The highest BCUT2D eigenvalue weighted by molar-refractivity contribution is 5.94. The number of aromatic nitrogens is 2. The van der Waals surface area contributed by atoms with Crippen molar-refractivity contribution >= 4 is 11.6 Å². The molecule has 0 atom stereocenters. The van der Waals surface area contributed by atoms with Crippen LogP contribution in [0.1, 0.15) is 21.6 Å². The van der Waals surface area contributed by atoms with Gasteiger partial charge in [-0.1, -0.05) is 36.4 Å². The highest BCUT2D eigenvalue weighted by atomic mass is 16.5. The highest BCUT2D eigenvalue weighted by Crippen LogP contribution is 2.15. The maximum absolute atomic E-state index is 12.2. The van der Waals surface area contributed by atoms with Gasteiger partial charge in [0.2, 0.25) is 0 Å². The number of amides is 1. The summed E-state index contributed by atoms with van der Waals surface area (Å²) < 4.78 is 7.74. The van der Waals surface area contributed by atoms with Gasteiger partial charge in [-0.25, -0.2) is 4.98 Å². The molecule has 5 nitrogen and oxygen atoms in total. The van der Waals surface area contributed by atoms with Gasteiger partial charge in [-0.3, -0.25) is 4.79 Å². The summed E-state index contributed by atoms with van der Waals surface area (Å²) in [6.07, 6.45) is 3.90. The average Bonchev–Trinajstić information content (AvgIpc) is 3.15. The third-order valence-corrected chi connectivity index (χ3v) is 4.21. The Kier molecular flexibility index (Phi) is 4.83. The minimum Gasteiger partial charge on any atom is -0.487 e.